The summed E-state index contributed by atoms with van der Waals surface area (Å²) in [4.78, 5) is 37.9. The number of aryl methyl sites for hydroxylation is 3. The first-order valence-corrected chi connectivity index (χ1v) is 12.0. The van der Waals surface area contributed by atoms with Crippen molar-refractivity contribution in [1.29, 1.82) is 0 Å². The van der Waals surface area contributed by atoms with Gasteiger partial charge in [0.1, 0.15) is 0 Å². The zero-order valence-electron chi connectivity index (χ0n) is 20.0. The summed E-state index contributed by atoms with van der Waals surface area (Å²) in [6.45, 7) is 3.83. The van der Waals surface area contributed by atoms with Crippen LogP contribution in [0, 0.1) is 6.92 Å². The Morgan fingerprint density at radius 3 is 2.57 bits per heavy atom. The molecule has 0 unspecified atom stereocenters. The molecular formula is C26H30BN5O3. The molecule has 4 rings (SSSR count). The highest BCUT2D eigenvalue weighted by Crippen LogP contribution is 2.27. The molecule has 0 saturated carbocycles. The van der Waals surface area contributed by atoms with E-state index in [4.69, 9.17) is 4.98 Å². The van der Waals surface area contributed by atoms with Crippen molar-refractivity contribution in [3.8, 4) is 0 Å². The maximum Gasteiger partial charge on any atom is 0.307 e. The van der Waals surface area contributed by atoms with Gasteiger partial charge in [-0.2, -0.15) is 0 Å². The van der Waals surface area contributed by atoms with Crippen LogP contribution in [0.25, 0.3) is 0 Å². The van der Waals surface area contributed by atoms with Crippen LogP contribution in [0.1, 0.15) is 46.8 Å². The number of benzene rings is 1. The lowest BCUT2D eigenvalue weighted by molar-refractivity contribution is -0.136. The second-order valence-electron chi connectivity index (χ2n) is 9.00. The summed E-state index contributed by atoms with van der Waals surface area (Å²) in [7, 11) is 0.510. The van der Waals surface area contributed by atoms with E-state index in [1.54, 1.807) is 0 Å². The van der Waals surface area contributed by atoms with E-state index in [1.165, 1.54) is 0 Å². The summed E-state index contributed by atoms with van der Waals surface area (Å²) >= 11 is 0. The average molecular weight is 471 g/mol. The summed E-state index contributed by atoms with van der Waals surface area (Å²) in [5.41, 5.74) is 5.70. The fraction of sp³-hybridized carbons (Fsp3) is 0.346. The summed E-state index contributed by atoms with van der Waals surface area (Å²) in [5.74, 6) is 0.101. The standard InChI is InChI=1S/C26H30BN5O3/c1-18-15-29-26(31-23(18)8-6-19-4-2-3-5-21(19)14-25(34)35)30-22-7-9-24(28-16-22)20-10-12-32(13-11-20)27-17-33/h2-5,7,9,15-17,20,27H,6,8,10-14H2,1H3,(H,34,35)(H,29,30,31). The number of rotatable bonds is 10. The van der Waals surface area contributed by atoms with Crippen LogP contribution in [0.2, 0.25) is 0 Å². The highest BCUT2D eigenvalue weighted by molar-refractivity contribution is 6.64. The molecule has 0 atom stereocenters. The maximum absolute atomic E-state index is 11.2. The topological polar surface area (TPSA) is 108 Å². The van der Waals surface area contributed by atoms with Gasteiger partial charge in [0.05, 0.1) is 24.5 Å². The van der Waals surface area contributed by atoms with E-state index in [2.05, 4.69) is 26.2 Å². The molecule has 9 heteroatoms. The van der Waals surface area contributed by atoms with Crippen LogP contribution in [-0.2, 0) is 28.9 Å². The molecule has 180 valence electrons. The molecule has 1 fully saturated rings. The van der Waals surface area contributed by atoms with Crippen molar-refractivity contribution in [2.24, 2.45) is 0 Å². The van der Waals surface area contributed by atoms with Gasteiger partial charge in [-0.15, -0.1) is 0 Å². The van der Waals surface area contributed by atoms with Crippen LogP contribution in [0.4, 0.5) is 11.6 Å². The minimum absolute atomic E-state index is 0.0204. The summed E-state index contributed by atoms with van der Waals surface area (Å²) in [6, 6.07) is 11.7. The highest BCUT2D eigenvalue weighted by Gasteiger charge is 2.21. The van der Waals surface area contributed by atoms with Gasteiger partial charge in [-0.1, -0.05) is 24.3 Å². The lowest BCUT2D eigenvalue weighted by Crippen LogP contribution is -2.36. The summed E-state index contributed by atoms with van der Waals surface area (Å²) in [6.07, 6.45) is 8.03. The Morgan fingerprint density at radius 1 is 1.11 bits per heavy atom. The Balaban J connectivity index is 1.38. The first kappa shape index (κ1) is 24.5. The van der Waals surface area contributed by atoms with Gasteiger partial charge in [0.2, 0.25) is 5.95 Å². The number of carbonyl (C=O) groups is 2. The average Bonchev–Trinajstić information content (AvgIpc) is 2.86. The zero-order valence-corrected chi connectivity index (χ0v) is 20.0. The Kier molecular flexibility index (Phi) is 8.21. The van der Waals surface area contributed by atoms with E-state index < -0.39 is 5.97 Å². The largest absolute Gasteiger partial charge is 0.481 e. The Hall–Kier alpha value is -3.59. The van der Waals surface area contributed by atoms with Crippen molar-refractivity contribution in [2.75, 3.05) is 18.4 Å². The summed E-state index contributed by atoms with van der Waals surface area (Å²) in [5, 5.41) is 12.4. The van der Waals surface area contributed by atoms with Gasteiger partial charge in [0.15, 0.2) is 0 Å². The smallest absolute Gasteiger partial charge is 0.307 e. The minimum Gasteiger partial charge on any atom is -0.481 e. The minimum atomic E-state index is -0.829. The van der Waals surface area contributed by atoms with Gasteiger partial charge in [-0.3, -0.25) is 9.78 Å². The molecule has 35 heavy (non-hydrogen) atoms. The Morgan fingerprint density at radius 2 is 1.89 bits per heavy atom. The molecule has 0 amide bonds. The number of pyridine rings is 1. The fourth-order valence-corrected chi connectivity index (χ4v) is 4.55. The number of nitrogens with zero attached hydrogens (tertiary/aromatic N) is 4. The second kappa shape index (κ2) is 11.7. The second-order valence-corrected chi connectivity index (χ2v) is 9.00. The van der Waals surface area contributed by atoms with Crippen molar-refractivity contribution in [3.63, 3.8) is 0 Å². The number of carboxylic acids is 1. The van der Waals surface area contributed by atoms with Gasteiger partial charge >= 0.3 is 5.97 Å². The van der Waals surface area contributed by atoms with Gasteiger partial charge < -0.3 is 20.0 Å². The third-order valence-corrected chi connectivity index (χ3v) is 6.55. The van der Waals surface area contributed by atoms with Crippen molar-refractivity contribution >= 4 is 31.2 Å². The lowest BCUT2D eigenvalue weighted by Gasteiger charge is -2.30. The molecule has 0 bridgehead atoms. The predicted octanol–water partition coefficient (Wildman–Crippen LogP) is 3.06. The van der Waals surface area contributed by atoms with Crippen molar-refractivity contribution in [1.82, 2.24) is 19.8 Å². The molecule has 0 aliphatic carbocycles. The number of carbonyl (C=O) groups excluding carboxylic acids is 1. The Bertz CT molecular complexity index is 1160. The molecule has 2 N–H and O–H groups in total. The quantitative estimate of drug-likeness (QED) is 0.343. The Labute approximate surface area is 206 Å². The molecule has 0 spiro atoms. The number of nitrogens with one attached hydrogen (secondary N) is 1. The third-order valence-electron chi connectivity index (χ3n) is 6.55. The number of aliphatic carboxylic acids is 1. The van der Waals surface area contributed by atoms with E-state index in [0.717, 1.165) is 65.9 Å². The molecule has 3 heterocycles. The number of anilines is 2. The van der Waals surface area contributed by atoms with Crippen LogP contribution in [0.15, 0.2) is 48.8 Å². The molecular weight excluding hydrogens is 441 g/mol. The molecule has 8 nitrogen and oxygen atoms in total. The fourth-order valence-electron chi connectivity index (χ4n) is 4.55. The lowest BCUT2D eigenvalue weighted by atomic mass is 9.86. The first-order chi connectivity index (χ1) is 17.0. The molecule has 0 radical (unpaired) electrons. The third kappa shape index (κ3) is 6.73. The van der Waals surface area contributed by atoms with E-state index in [9.17, 15) is 14.7 Å². The monoisotopic (exact) mass is 471 g/mol. The van der Waals surface area contributed by atoms with Crippen LogP contribution < -0.4 is 5.32 Å². The van der Waals surface area contributed by atoms with Crippen LogP contribution in [0.3, 0.4) is 0 Å². The number of hydrogen-bond donors (Lipinski definition) is 2. The molecule has 1 aromatic carbocycles. The molecule has 2 aromatic heterocycles. The predicted molar refractivity (Wildman–Crippen MR) is 137 cm³/mol. The molecule has 3 aromatic rings. The van der Waals surface area contributed by atoms with Gasteiger partial charge in [0, 0.05) is 23.5 Å². The summed E-state index contributed by atoms with van der Waals surface area (Å²) < 4.78 is 0. The molecule has 1 aliphatic rings. The number of aromatic nitrogens is 3. The van der Waals surface area contributed by atoms with Crippen LogP contribution in [-0.4, -0.2) is 57.5 Å². The van der Waals surface area contributed by atoms with E-state index in [-0.39, 0.29) is 6.42 Å². The zero-order chi connectivity index (χ0) is 24.6. The van der Waals surface area contributed by atoms with Gasteiger partial charge in [-0.25, -0.2) is 9.97 Å². The number of piperidine rings is 1. The number of carboxylic acid groups (broad SMARTS) is 1. The molecule has 1 saturated heterocycles. The molecule has 1 aliphatic heterocycles. The number of hydrogen-bond acceptors (Lipinski definition) is 7. The van der Waals surface area contributed by atoms with Gasteiger partial charge in [0.25, 0.3) is 7.41 Å². The van der Waals surface area contributed by atoms with Crippen LogP contribution in [0.5, 0.6) is 0 Å². The van der Waals surface area contributed by atoms with E-state index in [1.807, 2.05) is 49.6 Å². The van der Waals surface area contributed by atoms with Crippen molar-refractivity contribution in [3.05, 3.63) is 76.9 Å². The van der Waals surface area contributed by atoms with Crippen molar-refractivity contribution < 1.29 is 14.7 Å². The highest BCUT2D eigenvalue weighted by atomic mass is 16.4. The maximum atomic E-state index is 11.2. The van der Waals surface area contributed by atoms with E-state index >= 15 is 0 Å². The van der Waals surface area contributed by atoms with Gasteiger partial charge in [-0.05, 0) is 74.5 Å². The normalized spacial score (nSPS) is 14.4. The SMILES string of the molecule is Cc1cnc(Nc2ccc(C3CCN(BC=O)CC3)nc2)nc1CCc1ccccc1CC(=O)O. The van der Waals surface area contributed by atoms with Crippen molar-refractivity contribution in [2.45, 2.75) is 44.9 Å². The van der Waals surface area contributed by atoms with Crippen LogP contribution >= 0.6 is 0 Å². The van der Waals surface area contributed by atoms with E-state index in [0.29, 0.717) is 32.1 Å². The first-order valence-electron chi connectivity index (χ1n) is 12.0.